The van der Waals surface area contributed by atoms with Gasteiger partial charge >= 0.3 is 0 Å². The standard InChI is InChI=1S/C11H19NO/c1-13-12-11-5-8-2-9(6-11)4-10(3-8)7-11/h8-10,12H,2-7H2,1H3. The summed E-state index contributed by atoms with van der Waals surface area (Å²) in [6.45, 7) is 0. The lowest BCUT2D eigenvalue weighted by Gasteiger charge is -2.56. The summed E-state index contributed by atoms with van der Waals surface area (Å²) in [5, 5.41) is 0. The normalized spacial score (nSPS) is 52.8. The Morgan fingerprint density at radius 1 is 1.00 bits per heavy atom. The largest absolute Gasteiger partial charge is 0.305 e. The smallest absolute Gasteiger partial charge is 0.0572 e. The Labute approximate surface area is 80.0 Å². The molecule has 0 amide bonds. The van der Waals surface area contributed by atoms with Gasteiger partial charge in [-0.15, -0.1) is 0 Å². The fourth-order valence-corrected chi connectivity index (χ4v) is 4.45. The maximum atomic E-state index is 5.18. The highest BCUT2D eigenvalue weighted by atomic mass is 16.6. The molecule has 0 saturated heterocycles. The van der Waals surface area contributed by atoms with Crippen molar-refractivity contribution < 1.29 is 4.84 Å². The third kappa shape index (κ3) is 1.23. The predicted octanol–water partition coefficient (Wildman–Crippen LogP) is 2.11. The van der Waals surface area contributed by atoms with Crippen molar-refractivity contribution in [3.05, 3.63) is 0 Å². The van der Waals surface area contributed by atoms with Crippen molar-refractivity contribution in [2.45, 2.75) is 44.1 Å². The summed E-state index contributed by atoms with van der Waals surface area (Å²) >= 11 is 0. The lowest BCUT2D eigenvalue weighted by molar-refractivity contribution is -0.0948. The second kappa shape index (κ2) is 2.71. The van der Waals surface area contributed by atoms with Crippen molar-refractivity contribution in [1.29, 1.82) is 0 Å². The molecule has 0 aromatic heterocycles. The molecule has 2 heteroatoms. The van der Waals surface area contributed by atoms with Gasteiger partial charge < -0.3 is 4.84 Å². The molecule has 0 aromatic rings. The molecule has 4 rings (SSSR count). The summed E-state index contributed by atoms with van der Waals surface area (Å²) in [6.07, 6.45) is 8.62. The molecule has 0 radical (unpaired) electrons. The van der Waals surface area contributed by atoms with E-state index in [2.05, 4.69) is 5.48 Å². The molecule has 0 spiro atoms. The van der Waals surface area contributed by atoms with Crippen LogP contribution in [0.25, 0.3) is 0 Å². The van der Waals surface area contributed by atoms with Gasteiger partial charge in [-0.2, -0.15) is 5.48 Å². The zero-order valence-corrected chi connectivity index (χ0v) is 8.38. The van der Waals surface area contributed by atoms with Gasteiger partial charge in [-0.25, -0.2) is 0 Å². The number of hydroxylamine groups is 1. The van der Waals surface area contributed by atoms with E-state index in [4.69, 9.17) is 4.84 Å². The SMILES string of the molecule is CONC12CC3CC(CC(C3)C1)C2. The summed E-state index contributed by atoms with van der Waals surface area (Å²) in [5.41, 5.74) is 3.67. The van der Waals surface area contributed by atoms with E-state index >= 15 is 0 Å². The van der Waals surface area contributed by atoms with E-state index in [1.807, 2.05) is 0 Å². The zero-order valence-electron chi connectivity index (χ0n) is 8.38. The van der Waals surface area contributed by atoms with Gasteiger partial charge in [0.15, 0.2) is 0 Å². The van der Waals surface area contributed by atoms with Crippen molar-refractivity contribution in [2.75, 3.05) is 7.11 Å². The van der Waals surface area contributed by atoms with Crippen molar-refractivity contribution in [1.82, 2.24) is 5.48 Å². The molecule has 4 fully saturated rings. The van der Waals surface area contributed by atoms with Crippen LogP contribution in [-0.2, 0) is 4.84 Å². The number of hydrogen-bond donors (Lipinski definition) is 1. The third-order valence-electron chi connectivity index (χ3n) is 4.36. The van der Waals surface area contributed by atoms with Crippen molar-refractivity contribution in [2.24, 2.45) is 17.8 Å². The van der Waals surface area contributed by atoms with Gasteiger partial charge in [-0.1, -0.05) is 0 Å². The minimum atomic E-state index is 0.378. The zero-order chi connectivity index (χ0) is 8.89. The maximum absolute atomic E-state index is 5.18. The molecule has 0 aromatic carbocycles. The van der Waals surface area contributed by atoms with Crippen LogP contribution in [0.4, 0.5) is 0 Å². The number of nitrogens with one attached hydrogen (secondary N) is 1. The summed E-state index contributed by atoms with van der Waals surface area (Å²) in [4.78, 5) is 5.18. The Morgan fingerprint density at radius 2 is 1.46 bits per heavy atom. The molecule has 74 valence electrons. The first-order chi connectivity index (χ1) is 6.30. The predicted molar refractivity (Wildman–Crippen MR) is 51.0 cm³/mol. The van der Waals surface area contributed by atoms with Gasteiger partial charge in [-0.3, -0.25) is 0 Å². The topological polar surface area (TPSA) is 21.3 Å². The van der Waals surface area contributed by atoms with Gasteiger partial charge in [0.1, 0.15) is 0 Å². The first kappa shape index (κ1) is 8.25. The third-order valence-corrected chi connectivity index (χ3v) is 4.36. The highest BCUT2D eigenvalue weighted by Crippen LogP contribution is 2.55. The summed E-state index contributed by atoms with van der Waals surface area (Å²) < 4.78 is 0. The monoisotopic (exact) mass is 181 g/mol. The van der Waals surface area contributed by atoms with Crippen LogP contribution in [0.1, 0.15) is 38.5 Å². The second-order valence-electron chi connectivity index (χ2n) is 5.50. The number of hydrogen-bond acceptors (Lipinski definition) is 2. The number of rotatable bonds is 2. The van der Waals surface area contributed by atoms with Crippen LogP contribution in [-0.4, -0.2) is 12.6 Å². The Kier molecular flexibility index (Phi) is 1.72. The van der Waals surface area contributed by atoms with Crippen LogP contribution in [0.5, 0.6) is 0 Å². The van der Waals surface area contributed by atoms with Crippen molar-refractivity contribution >= 4 is 0 Å². The molecule has 0 aliphatic heterocycles. The molecule has 2 nitrogen and oxygen atoms in total. The molecule has 0 heterocycles. The second-order valence-corrected chi connectivity index (χ2v) is 5.50. The summed E-state index contributed by atoms with van der Waals surface area (Å²) in [6, 6.07) is 0. The summed E-state index contributed by atoms with van der Waals surface area (Å²) in [5.74, 6) is 3.02. The highest BCUT2D eigenvalue weighted by molar-refractivity contribution is 5.05. The Hall–Kier alpha value is -0.0800. The first-order valence-corrected chi connectivity index (χ1v) is 5.60. The quantitative estimate of drug-likeness (QED) is 0.659. The molecule has 13 heavy (non-hydrogen) atoms. The van der Waals surface area contributed by atoms with Gasteiger partial charge in [0.25, 0.3) is 0 Å². The van der Waals surface area contributed by atoms with Crippen LogP contribution < -0.4 is 5.48 Å². The van der Waals surface area contributed by atoms with Crippen molar-refractivity contribution in [3.8, 4) is 0 Å². The fourth-order valence-electron chi connectivity index (χ4n) is 4.45. The van der Waals surface area contributed by atoms with Gasteiger partial charge in [0.2, 0.25) is 0 Å². The molecule has 1 N–H and O–H groups in total. The molecular weight excluding hydrogens is 162 g/mol. The lowest BCUT2D eigenvalue weighted by Crippen LogP contribution is -2.58. The maximum Gasteiger partial charge on any atom is 0.0572 e. The Morgan fingerprint density at radius 3 is 1.85 bits per heavy atom. The minimum Gasteiger partial charge on any atom is -0.305 e. The van der Waals surface area contributed by atoms with Gasteiger partial charge in [-0.05, 0) is 56.3 Å². The Balaban J connectivity index is 1.83. The van der Waals surface area contributed by atoms with Crippen LogP contribution >= 0.6 is 0 Å². The Bertz CT molecular complexity index is 179. The molecule has 4 saturated carbocycles. The molecule has 0 atom stereocenters. The summed E-state index contributed by atoms with van der Waals surface area (Å²) in [7, 11) is 1.76. The van der Waals surface area contributed by atoms with E-state index in [0.29, 0.717) is 5.54 Å². The van der Waals surface area contributed by atoms with Gasteiger partial charge in [0, 0.05) is 5.54 Å². The average Bonchev–Trinajstić information content (AvgIpc) is 2.00. The van der Waals surface area contributed by atoms with Crippen LogP contribution in [0.3, 0.4) is 0 Å². The highest BCUT2D eigenvalue weighted by Gasteiger charge is 2.50. The van der Waals surface area contributed by atoms with E-state index in [-0.39, 0.29) is 0 Å². The fraction of sp³-hybridized carbons (Fsp3) is 1.00. The van der Waals surface area contributed by atoms with E-state index in [9.17, 15) is 0 Å². The first-order valence-electron chi connectivity index (χ1n) is 5.60. The van der Waals surface area contributed by atoms with Gasteiger partial charge in [0.05, 0.1) is 7.11 Å². The lowest BCUT2D eigenvalue weighted by atomic mass is 9.53. The average molecular weight is 181 g/mol. The van der Waals surface area contributed by atoms with E-state index < -0.39 is 0 Å². The molecular formula is C11H19NO. The molecule has 4 bridgehead atoms. The molecule has 0 unspecified atom stereocenters. The molecule has 4 aliphatic rings. The van der Waals surface area contributed by atoms with E-state index in [1.165, 1.54) is 38.5 Å². The molecule has 4 aliphatic carbocycles. The minimum absolute atomic E-state index is 0.378. The van der Waals surface area contributed by atoms with Crippen LogP contribution in [0, 0.1) is 17.8 Å². The van der Waals surface area contributed by atoms with Crippen molar-refractivity contribution in [3.63, 3.8) is 0 Å². The van der Waals surface area contributed by atoms with Crippen LogP contribution in [0.2, 0.25) is 0 Å². The van der Waals surface area contributed by atoms with E-state index in [1.54, 1.807) is 7.11 Å². The van der Waals surface area contributed by atoms with E-state index in [0.717, 1.165) is 17.8 Å². The van der Waals surface area contributed by atoms with Crippen LogP contribution in [0.15, 0.2) is 0 Å².